The molecule has 1 aliphatic rings. The Labute approximate surface area is 96.0 Å². The molecule has 1 amide bonds. The quantitative estimate of drug-likeness (QED) is 0.790. The normalized spacial score (nSPS) is 17.1. The molecule has 2 rings (SSSR count). The maximum Gasteiger partial charge on any atom is 0.219 e. The number of carbonyl (C=O) groups excluding carboxylic acids is 1. The maximum absolute atomic E-state index is 10.9. The smallest absolute Gasteiger partial charge is 0.219 e. The molecule has 1 unspecified atom stereocenters. The van der Waals surface area contributed by atoms with Gasteiger partial charge in [0.2, 0.25) is 5.91 Å². The van der Waals surface area contributed by atoms with Gasteiger partial charge in [-0.15, -0.1) is 0 Å². The lowest BCUT2D eigenvalue weighted by atomic mass is 10.0. The third kappa shape index (κ3) is 2.61. The highest BCUT2D eigenvalue weighted by Gasteiger charge is 2.23. The fourth-order valence-corrected chi connectivity index (χ4v) is 2.00. The molecule has 1 fully saturated rings. The van der Waals surface area contributed by atoms with Gasteiger partial charge in [0.05, 0.1) is 0 Å². The Hall–Kier alpha value is -1.35. The SMILES string of the molecule is CNC(CC(N)=O)c1ccc(C2CC2)cc1. The minimum Gasteiger partial charge on any atom is -0.370 e. The lowest BCUT2D eigenvalue weighted by Crippen LogP contribution is -2.23. The number of hydrogen-bond donors (Lipinski definition) is 2. The van der Waals surface area contributed by atoms with Crippen molar-refractivity contribution in [3.63, 3.8) is 0 Å². The van der Waals surface area contributed by atoms with E-state index in [0.29, 0.717) is 6.42 Å². The van der Waals surface area contributed by atoms with Crippen molar-refractivity contribution in [1.29, 1.82) is 0 Å². The molecule has 0 aliphatic heterocycles. The second-order valence-electron chi connectivity index (χ2n) is 4.45. The zero-order chi connectivity index (χ0) is 11.5. The third-order valence-electron chi connectivity index (χ3n) is 3.14. The average molecular weight is 218 g/mol. The summed E-state index contributed by atoms with van der Waals surface area (Å²) in [7, 11) is 1.85. The van der Waals surface area contributed by atoms with Gasteiger partial charge in [-0.3, -0.25) is 4.79 Å². The van der Waals surface area contributed by atoms with Crippen LogP contribution in [0.25, 0.3) is 0 Å². The summed E-state index contributed by atoms with van der Waals surface area (Å²) in [6, 6.07) is 8.55. The summed E-state index contributed by atoms with van der Waals surface area (Å²) in [6.45, 7) is 0. The Morgan fingerprint density at radius 3 is 2.50 bits per heavy atom. The summed E-state index contributed by atoms with van der Waals surface area (Å²) >= 11 is 0. The lowest BCUT2D eigenvalue weighted by molar-refractivity contribution is -0.118. The number of primary amides is 1. The zero-order valence-corrected chi connectivity index (χ0v) is 9.57. The Morgan fingerprint density at radius 1 is 1.44 bits per heavy atom. The van der Waals surface area contributed by atoms with E-state index < -0.39 is 0 Å². The van der Waals surface area contributed by atoms with Crippen molar-refractivity contribution >= 4 is 5.91 Å². The van der Waals surface area contributed by atoms with E-state index in [9.17, 15) is 4.79 Å². The van der Waals surface area contributed by atoms with Crippen LogP contribution in [0.2, 0.25) is 0 Å². The number of nitrogens with one attached hydrogen (secondary N) is 1. The second kappa shape index (κ2) is 4.66. The Bertz CT molecular complexity index is 368. The third-order valence-corrected chi connectivity index (χ3v) is 3.14. The molecule has 1 saturated carbocycles. The van der Waals surface area contributed by atoms with Gasteiger partial charge in [0.15, 0.2) is 0 Å². The summed E-state index contributed by atoms with van der Waals surface area (Å²) in [4.78, 5) is 10.9. The van der Waals surface area contributed by atoms with Gasteiger partial charge in [0.1, 0.15) is 0 Å². The second-order valence-corrected chi connectivity index (χ2v) is 4.45. The van der Waals surface area contributed by atoms with Crippen molar-refractivity contribution in [2.45, 2.75) is 31.2 Å². The van der Waals surface area contributed by atoms with Gasteiger partial charge in [0, 0.05) is 12.5 Å². The van der Waals surface area contributed by atoms with Crippen molar-refractivity contribution in [2.75, 3.05) is 7.05 Å². The standard InChI is InChI=1S/C13H18N2O/c1-15-12(8-13(14)16)11-6-4-10(5-7-11)9-2-3-9/h4-7,9,12,15H,2-3,8H2,1H3,(H2,14,16). The molecule has 3 nitrogen and oxygen atoms in total. The van der Waals surface area contributed by atoms with Gasteiger partial charge in [0.25, 0.3) is 0 Å². The Morgan fingerprint density at radius 2 is 2.06 bits per heavy atom. The van der Waals surface area contributed by atoms with Crippen LogP contribution in [0, 0.1) is 0 Å². The van der Waals surface area contributed by atoms with E-state index in [2.05, 4.69) is 29.6 Å². The highest BCUT2D eigenvalue weighted by Crippen LogP contribution is 2.40. The molecular formula is C13H18N2O. The number of rotatable bonds is 5. The van der Waals surface area contributed by atoms with Gasteiger partial charge < -0.3 is 11.1 Å². The number of hydrogen-bond acceptors (Lipinski definition) is 2. The molecule has 1 aromatic rings. The lowest BCUT2D eigenvalue weighted by Gasteiger charge is -2.15. The number of amides is 1. The van der Waals surface area contributed by atoms with Crippen LogP contribution >= 0.6 is 0 Å². The van der Waals surface area contributed by atoms with E-state index in [0.717, 1.165) is 11.5 Å². The van der Waals surface area contributed by atoms with E-state index in [1.165, 1.54) is 18.4 Å². The molecular weight excluding hydrogens is 200 g/mol. The highest BCUT2D eigenvalue weighted by atomic mass is 16.1. The fourth-order valence-electron chi connectivity index (χ4n) is 2.00. The van der Waals surface area contributed by atoms with Crippen molar-refractivity contribution in [3.8, 4) is 0 Å². The van der Waals surface area contributed by atoms with Crippen molar-refractivity contribution < 1.29 is 4.79 Å². The van der Waals surface area contributed by atoms with Gasteiger partial charge in [-0.05, 0) is 36.9 Å². The van der Waals surface area contributed by atoms with Gasteiger partial charge in [-0.2, -0.15) is 0 Å². The summed E-state index contributed by atoms with van der Waals surface area (Å²) in [6.07, 6.45) is 2.98. The topological polar surface area (TPSA) is 55.1 Å². The molecule has 1 atom stereocenters. The molecule has 0 radical (unpaired) electrons. The van der Waals surface area contributed by atoms with Crippen LogP contribution < -0.4 is 11.1 Å². The summed E-state index contributed by atoms with van der Waals surface area (Å²) in [5.74, 6) is 0.504. The van der Waals surface area contributed by atoms with Gasteiger partial charge in [-0.25, -0.2) is 0 Å². The Kier molecular flexibility index (Phi) is 3.25. The van der Waals surface area contributed by atoms with Crippen molar-refractivity contribution in [2.24, 2.45) is 5.73 Å². The minimum atomic E-state index is -0.273. The van der Waals surface area contributed by atoms with Crippen LogP contribution in [0.4, 0.5) is 0 Å². The van der Waals surface area contributed by atoms with Crippen LogP contribution in [0.15, 0.2) is 24.3 Å². The molecule has 0 bridgehead atoms. The number of benzene rings is 1. The van der Waals surface area contributed by atoms with Gasteiger partial charge >= 0.3 is 0 Å². The molecule has 0 saturated heterocycles. The monoisotopic (exact) mass is 218 g/mol. The first-order chi connectivity index (χ1) is 7.70. The van der Waals surface area contributed by atoms with Gasteiger partial charge in [-0.1, -0.05) is 24.3 Å². The largest absolute Gasteiger partial charge is 0.370 e. The maximum atomic E-state index is 10.9. The average Bonchev–Trinajstić information content (AvgIpc) is 3.10. The molecule has 0 heterocycles. The Balaban J connectivity index is 2.08. The van der Waals surface area contributed by atoms with E-state index in [1.807, 2.05) is 7.05 Å². The highest BCUT2D eigenvalue weighted by molar-refractivity contribution is 5.74. The summed E-state index contributed by atoms with van der Waals surface area (Å²) in [5, 5.41) is 3.11. The van der Waals surface area contributed by atoms with Crippen LogP contribution in [0.3, 0.4) is 0 Å². The predicted molar refractivity (Wildman–Crippen MR) is 64.0 cm³/mol. The van der Waals surface area contributed by atoms with Crippen LogP contribution in [0.5, 0.6) is 0 Å². The first kappa shape index (κ1) is 11.1. The first-order valence-electron chi connectivity index (χ1n) is 5.76. The molecule has 3 N–H and O–H groups in total. The predicted octanol–water partition coefficient (Wildman–Crippen LogP) is 1.70. The molecule has 0 aromatic heterocycles. The summed E-state index contributed by atoms with van der Waals surface area (Å²) < 4.78 is 0. The van der Waals surface area contributed by atoms with Crippen LogP contribution in [-0.2, 0) is 4.79 Å². The van der Waals surface area contributed by atoms with E-state index in [-0.39, 0.29) is 11.9 Å². The first-order valence-corrected chi connectivity index (χ1v) is 5.76. The van der Waals surface area contributed by atoms with Crippen LogP contribution in [-0.4, -0.2) is 13.0 Å². The number of nitrogens with two attached hydrogens (primary N) is 1. The molecule has 1 aromatic carbocycles. The van der Waals surface area contributed by atoms with Crippen molar-refractivity contribution in [3.05, 3.63) is 35.4 Å². The molecule has 86 valence electrons. The molecule has 3 heteroatoms. The van der Waals surface area contributed by atoms with Crippen molar-refractivity contribution in [1.82, 2.24) is 5.32 Å². The van der Waals surface area contributed by atoms with E-state index in [4.69, 9.17) is 5.73 Å². The van der Waals surface area contributed by atoms with E-state index >= 15 is 0 Å². The molecule has 0 spiro atoms. The summed E-state index contributed by atoms with van der Waals surface area (Å²) in [5.41, 5.74) is 7.76. The fraction of sp³-hybridized carbons (Fsp3) is 0.462. The van der Waals surface area contributed by atoms with E-state index in [1.54, 1.807) is 0 Å². The zero-order valence-electron chi connectivity index (χ0n) is 9.57. The minimum absolute atomic E-state index is 0.0331. The van der Waals surface area contributed by atoms with Crippen LogP contribution in [0.1, 0.15) is 42.3 Å². The molecule has 1 aliphatic carbocycles. The number of carbonyl (C=O) groups is 1. The molecule has 16 heavy (non-hydrogen) atoms.